The van der Waals surface area contributed by atoms with Crippen LogP contribution in [0.25, 0.3) is 0 Å². The first kappa shape index (κ1) is 15.2. The van der Waals surface area contributed by atoms with Crippen molar-refractivity contribution in [3.05, 3.63) is 0 Å². The van der Waals surface area contributed by atoms with Crippen LogP contribution in [-0.4, -0.2) is 37.0 Å². The quantitative estimate of drug-likeness (QED) is 0.748. The summed E-state index contributed by atoms with van der Waals surface area (Å²) >= 11 is 0. The Hall–Kier alpha value is -0.810. The van der Waals surface area contributed by atoms with Crippen molar-refractivity contribution in [2.45, 2.75) is 45.8 Å². The Morgan fingerprint density at radius 1 is 1.25 bits per heavy atom. The van der Waals surface area contributed by atoms with Crippen LogP contribution in [0.1, 0.15) is 34.6 Å². The summed E-state index contributed by atoms with van der Waals surface area (Å²) in [5.41, 5.74) is 4.42. The maximum atomic E-state index is 11.4. The van der Waals surface area contributed by atoms with Gasteiger partial charge in [0.15, 0.2) is 0 Å². The topological polar surface area (TPSA) is 73.6 Å². The zero-order valence-electron chi connectivity index (χ0n) is 10.9. The monoisotopic (exact) mass is 232 g/mol. The van der Waals surface area contributed by atoms with E-state index in [-0.39, 0.29) is 0 Å². The molecule has 16 heavy (non-hydrogen) atoms. The number of hydrogen-bond acceptors (Lipinski definition) is 4. The van der Waals surface area contributed by atoms with Gasteiger partial charge in [0.2, 0.25) is 0 Å². The predicted octanol–water partition coefficient (Wildman–Crippen LogP) is 1.26. The molecule has 0 aromatic rings. The van der Waals surface area contributed by atoms with E-state index in [2.05, 4.69) is 5.32 Å². The number of nitrogens with two attached hydrogens (primary N) is 1. The minimum Gasteiger partial charge on any atom is -0.444 e. The number of carbonyl (C=O) groups excluding carboxylic acids is 1. The van der Waals surface area contributed by atoms with E-state index < -0.39 is 17.3 Å². The highest BCUT2D eigenvalue weighted by Crippen LogP contribution is 2.09. The fraction of sp³-hybridized carbons (Fsp3) is 0.909. The fourth-order valence-electron chi connectivity index (χ4n) is 0.985. The summed E-state index contributed by atoms with van der Waals surface area (Å²) in [6.45, 7) is 10.6. The Labute approximate surface area is 97.7 Å². The summed E-state index contributed by atoms with van der Waals surface area (Å²) in [6.07, 6.45) is -0.433. The first-order valence-electron chi connectivity index (χ1n) is 5.47. The van der Waals surface area contributed by atoms with Crippen molar-refractivity contribution in [2.24, 2.45) is 5.73 Å². The van der Waals surface area contributed by atoms with Gasteiger partial charge in [-0.1, -0.05) is 0 Å². The molecular weight excluding hydrogens is 208 g/mol. The van der Waals surface area contributed by atoms with Gasteiger partial charge in [-0.15, -0.1) is 0 Å². The number of ether oxygens (including phenoxy) is 2. The summed E-state index contributed by atoms with van der Waals surface area (Å²) in [5.74, 6) is 0. The Morgan fingerprint density at radius 2 is 1.81 bits per heavy atom. The van der Waals surface area contributed by atoms with Crippen molar-refractivity contribution in [3.63, 3.8) is 0 Å². The van der Waals surface area contributed by atoms with Crippen LogP contribution in [0, 0.1) is 0 Å². The van der Waals surface area contributed by atoms with E-state index in [1.54, 1.807) is 0 Å². The summed E-state index contributed by atoms with van der Waals surface area (Å²) in [7, 11) is 0. The molecule has 0 aromatic carbocycles. The van der Waals surface area contributed by atoms with E-state index >= 15 is 0 Å². The second-order valence-electron chi connectivity index (χ2n) is 5.25. The van der Waals surface area contributed by atoms with Crippen LogP contribution in [0.2, 0.25) is 0 Å². The van der Waals surface area contributed by atoms with Crippen molar-refractivity contribution in [1.29, 1.82) is 0 Å². The van der Waals surface area contributed by atoms with Gasteiger partial charge in [0, 0.05) is 13.1 Å². The maximum Gasteiger partial charge on any atom is 0.407 e. The van der Waals surface area contributed by atoms with Crippen LogP contribution in [0.3, 0.4) is 0 Å². The van der Waals surface area contributed by atoms with Crippen LogP contribution in [0.15, 0.2) is 0 Å². The number of amides is 1. The molecule has 0 unspecified atom stereocenters. The zero-order chi connectivity index (χ0) is 12.8. The van der Waals surface area contributed by atoms with Crippen molar-refractivity contribution in [2.75, 3.05) is 19.7 Å². The normalized spacial score (nSPS) is 12.4. The molecule has 1 amide bonds. The second-order valence-corrected chi connectivity index (χ2v) is 5.25. The summed E-state index contributed by atoms with van der Waals surface area (Å²) in [6, 6.07) is 0. The van der Waals surface area contributed by atoms with E-state index in [9.17, 15) is 4.79 Å². The third-order valence-corrected chi connectivity index (χ3v) is 1.67. The molecule has 0 spiro atoms. The maximum absolute atomic E-state index is 11.4. The lowest BCUT2D eigenvalue weighted by molar-refractivity contribution is -0.0153. The first-order chi connectivity index (χ1) is 7.16. The molecule has 0 aliphatic heterocycles. The molecule has 0 heterocycles. The molecule has 0 aliphatic rings. The van der Waals surface area contributed by atoms with Gasteiger partial charge in [0.1, 0.15) is 5.60 Å². The third kappa shape index (κ3) is 8.49. The van der Waals surface area contributed by atoms with Crippen molar-refractivity contribution >= 4 is 6.09 Å². The van der Waals surface area contributed by atoms with Gasteiger partial charge in [-0.2, -0.15) is 0 Å². The first-order valence-corrected chi connectivity index (χ1v) is 5.47. The Balaban J connectivity index is 3.90. The Kier molecular flexibility index (Phi) is 5.75. The van der Waals surface area contributed by atoms with Crippen LogP contribution < -0.4 is 11.1 Å². The van der Waals surface area contributed by atoms with Crippen LogP contribution >= 0.6 is 0 Å². The molecule has 0 saturated carbocycles. The number of carbonyl (C=O) groups is 1. The lowest BCUT2D eigenvalue weighted by Crippen LogP contribution is -2.43. The molecular formula is C11H24N2O3. The molecule has 0 aromatic heterocycles. The highest BCUT2D eigenvalue weighted by Gasteiger charge is 2.21. The minimum atomic E-state index is -0.480. The molecule has 5 nitrogen and oxygen atoms in total. The van der Waals surface area contributed by atoms with Gasteiger partial charge in [-0.3, -0.25) is 0 Å². The molecule has 0 aliphatic carbocycles. The van der Waals surface area contributed by atoms with Crippen molar-refractivity contribution in [3.8, 4) is 0 Å². The molecule has 0 rings (SSSR count). The molecule has 0 bridgehead atoms. The smallest absolute Gasteiger partial charge is 0.407 e. The van der Waals surface area contributed by atoms with Gasteiger partial charge in [0.25, 0.3) is 0 Å². The summed E-state index contributed by atoms with van der Waals surface area (Å²) in [4.78, 5) is 11.4. The van der Waals surface area contributed by atoms with E-state index in [4.69, 9.17) is 15.2 Å². The molecule has 0 fully saturated rings. The standard InChI is InChI=1S/C11H24N2O3/c1-10(2,3)16-9(14)13-8-11(4,5)15-7-6-12/h6-8,12H2,1-5H3,(H,13,14). The lowest BCUT2D eigenvalue weighted by atomic mass is 10.1. The van der Waals surface area contributed by atoms with Crippen molar-refractivity contribution in [1.82, 2.24) is 5.32 Å². The van der Waals surface area contributed by atoms with E-state index in [1.807, 2.05) is 34.6 Å². The van der Waals surface area contributed by atoms with Crippen molar-refractivity contribution < 1.29 is 14.3 Å². The lowest BCUT2D eigenvalue weighted by Gasteiger charge is -2.26. The number of nitrogens with one attached hydrogen (secondary N) is 1. The largest absolute Gasteiger partial charge is 0.444 e. The number of rotatable bonds is 5. The fourth-order valence-corrected chi connectivity index (χ4v) is 0.985. The summed E-state index contributed by atoms with van der Waals surface area (Å²) < 4.78 is 10.6. The van der Waals surface area contributed by atoms with E-state index in [1.165, 1.54) is 0 Å². The average molecular weight is 232 g/mol. The molecule has 0 saturated heterocycles. The van der Waals surface area contributed by atoms with Gasteiger partial charge in [-0.05, 0) is 34.6 Å². The highest BCUT2D eigenvalue weighted by molar-refractivity contribution is 5.67. The second kappa shape index (κ2) is 6.06. The zero-order valence-corrected chi connectivity index (χ0v) is 10.9. The third-order valence-electron chi connectivity index (χ3n) is 1.67. The average Bonchev–Trinajstić information content (AvgIpc) is 2.09. The predicted molar refractivity (Wildman–Crippen MR) is 63.3 cm³/mol. The highest BCUT2D eigenvalue weighted by atomic mass is 16.6. The van der Waals surface area contributed by atoms with Crippen LogP contribution in [-0.2, 0) is 9.47 Å². The number of hydrogen-bond donors (Lipinski definition) is 2. The molecule has 3 N–H and O–H groups in total. The van der Waals surface area contributed by atoms with Crippen LogP contribution in [0.4, 0.5) is 4.79 Å². The molecule has 5 heteroatoms. The van der Waals surface area contributed by atoms with Gasteiger partial charge in [-0.25, -0.2) is 4.79 Å². The summed E-state index contributed by atoms with van der Waals surface area (Å²) in [5, 5.41) is 2.66. The number of alkyl carbamates (subject to hydrolysis) is 1. The van der Waals surface area contributed by atoms with Gasteiger partial charge < -0.3 is 20.5 Å². The van der Waals surface area contributed by atoms with E-state index in [0.29, 0.717) is 19.7 Å². The Morgan fingerprint density at radius 3 is 2.25 bits per heavy atom. The van der Waals surface area contributed by atoms with Gasteiger partial charge >= 0.3 is 6.09 Å². The van der Waals surface area contributed by atoms with E-state index in [0.717, 1.165) is 0 Å². The molecule has 0 atom stereocenters. The van der Waals surface area contributed by atoms with Gasteiger partial charge in [0.05, 0.1) is 12.2 Å². The SMILES string of the molecule is CC(C)(C)OC(=O)NCC(C)(C)OCCN. The minimum absolute atomic E-state index is 0.391. The molecule has 0 radical (unpaired) electrons. The van der Waals surface area contributed by atoms with Crippen LogP contribution in [0.5, 0.6) is 0 Å². The molecule has 96 valence electrons. The Bertz CT molecular complexity index is 222.